The van der Waals surface area contributed by atoms with Gasteiger partial charge < -0.3 is 4.74 Å². The third-order valence-corrected chi connectivity index (χ3v) is 4.18. The molecule has 0 saturated heterocycles. The first-order chi connectivity index (χ1) is 11.4. The second-order valence-electron chi connectivity index (χ2n) is 4.78. The molecule has 0 unspecified atom stereocenters. The molecule has 3 rings (SSSR count). The standard InChI is InChI=1S/C18H17N3OS/c1-22-17-12-6-5-11-16(17)21-14-19-20-18(21)23-13-7-10-15-8-3-2-4-9-15/h2-12,14H,13H2,1H3. The van der Waals surface area contributed by atoms with Crippen molar-refractivity contribution in [3.63, 3.8) is 0 Å². The number of benzene rings is 2. The van der Waals surface area contributed by atoms with Crippen LogP contribution in [0.2, 0.25) is 0 Å². The van der Waals surface area contributed by atoms with Gasteiger partial charge in [0.1, 0.15) is 12.1 Å². The van der Waals surface area contributed by atoms with Gasteiger partial charge in [-0.3, -0.25) is 4.57 Å². The van der Waals surface area contributed by atoms with E-state index in [1.807, 2.05) is 47.0 Å². The van der Waals surface area contributed by atoms with Gasteiger partial charge >= 0.3 is 0 Å². The highest BCUT2D eigenvalue weighted by molar-refractivity contribution is 7.99. The number of ether oxygens (including phenoxy) is 1. The Kier molecular flexibility index (Phi) is 5.11. The number of nitrogens with zero attached hydrogens (tertiary/aromatic N) is 3. The van der Waals surface area contributed by atoms with Gasteiger partial charge in [0.2, 0.25) is 0 Å². The molecule has 0 N–H and O–H groups in total. The molecule has 3 aromatic rings. The lowest BCUT2D eigenvalue weighted by Gasteiger charge is -2.10. The SMILES string of the molecule is COc1ccccc1-n1cnnc1SCC=Cc1ccccc1. The van der Waals surface area contributed by atoms with E-state index in [9.17, 15) is 0 Å². The molecule has 0 aliphatic rings. The summed E-state index contributed by atoms with van der Waals surface area (Å²) >= 11 is 1.63. The highest BCUT2D eigenvalue weighted by Crippen LogP contribution is 2.26. The first-order valence-corrected chi connectivity index (χ1v) is 8.25. The van der Waals surface area contributed by atoms with Crippen LogP contribution in [0.5, 0.6) is 5.75 Å². The molecule has 116 valence electrons. The van der Waals surface area contributed by atoms with Gasteiger partial charge in [-0.05, 0) is 17.7 Å². The van der Waals surface area contributed by atoms with Gasteiger partial charge in [0.15, 0.2) is 5.16 Å². The van der Waals surface area contributed by atoms with Crippen molar-refractivity contribution in [3.05, 3.63) is 72.6 Å². The van der Waals surface area contributed by atoms with Gasteiger partial charge in [-0.15, -0.1) is 10.2 Å². The maximum atomic E-state index is 5.41. The molecule has 0 spiro atoms. The van der Waals surface area contributed by atoms with Crippen molar-refractivity contribution in [1.82, 2.24) is 14.8 Å². The summed E-state index contributed by atoms with van der Waals surface area (Å²) in [5.74, 6) is 1.62. The summed E-state index contributed by atoms with van der Waals surface area (Å²) in [5.41, 5.74) is 2.13. The van der Waals surface area contributed by atoms with Crippen molar-refractivity contribution in [2.75, 3.05) is 12.9 Å². The number of methoxy groups -OCH3 is 1. The Bertz CT molecular complexity index is 784. The lowest BCUT2D eigenvalue weighted by molar-refractivity contribution is 0.412. The van der Waals surface area contributed by atoms with Crippen molar-refractivity contribution in [1.29, 1.82) is 0 Å². The Hall–Kier alpha value is -2.53. The quantitative estimate of drug-likeness (QED) is 0.641. The number of rotatable bonds is 6. The molecular formula is C18H17N3OS. The second-order valence-corrected chi connectivity index (χ2v) is 5.77. The van der Waals surface area contributed by atoms with Crippen LogP contribution in [0.4, 0.5) is 0 Å². The highest BCUT2D eigenvalue weighted by atomic mass is 32.2. The molecule has 0 aliphatic carbocycles. The summed E-state index contributed by atoms with van der Waals surface area (Å²) in [6, 6.07) is 18.1. The lowest BCUT2D eigenvalue weighted by Crippen LogP contribution is -1.98. The minimum Gasteiger partial charge on any atom is -0.495 e. The zero-order chi connectivity index (χ0) is 15.9. The summed E-state index contributed by atoms with van der Waals surface area (Å²) in [6.45, 7) is 0. The van der Waals surface area contributed by atoms with E-state index in [-0.39, 0.29) is 0 Å². The average molecular weight is 323 g/mol. The number of thioether (sulfide) groups is 1. The van der Waals surface area contributed by atoms with Crippen LogP contribution in [-0.2, 0) is 0 Å². The van der Waals surface area contributed by atoms with E-state index in [0.29, 0.717) is 0 Å². The molecule has 0 radical (unpaired) electrons. The molecule has 4 nitrogen and oxygen atoms in total. The van der Waals surface area contributed by atoms with E-state index in [2.05, 4.69) is 34.5 Å². The van der Waals surface area contributed by atoms with E-state index in [0.717, 1.165) is 22.3 Å². The molecule has 2 aromatic carbocycles. The number of hydrogen-bond acceptors (Lipinski definition) is 4. The molecule has 23 heavy (non-hydrogen) atoms. The van der Waals surface area contributed by atoms with Gasteiger partial charge in [-0.1, -0.05) is 66.4 Å². The molecule has 1 heterocycles. The van der Waals surface area contributed by atoms with Crippen molar-refractivity contribution >= 4 is 17.8 Å². The first kappa shape index (κ1) is 15.4. The largest absolute Gasteiger partial charge is 0.495 e. The molecule has 0 fully saturated rings. The molecule has 1 aromatic heterocycles. The molecule has 5 heteroatoms. The predicted octanol–water partition coefficient (Wildman–Crippen LogP) is 4.08. The average Bonchev–Trinajstić information content (AvgIpc) is 3.08. The van der Waals surface area contributed by atoms with Crippen LogP contribution >= 0.6 is 11.8 Å². The normalized spacial score (nSPS) is 11.0. The van der Waals surface area contributed by atoms with Crippen molar-refractivity contribution in [3.8, 4) is 11.4 Å². The predicted molar refractivity (Wildman–Crippen MR) is 94.1 cm³/mol. The van der Waals surface area contributed by atoms with Gasteiger partial charge in [-0.2, -0.15) is 0 Å². The van der Waals surface area contributed by atoms with Crippen molar-refractivity contribution in [2.45, 2.75) is 5.16 Å². The summed E-state index contributed by atoms with van der Waals surface area (Å²) in [4.78, 5) is 0. The minimum atomic E-state index is 0.800. The van der Waals surface area contributed by atoms with Crippen LogP contribution in [0.25, 0.3) is 11.8 Å². The molecule has 0 bridgehead atoms. The topological polar surface area (TPSA) is 39.9 Å². The first-order valence-electron chi connectivity index (χ1n) is 7.26. The van der Waals surface area contributed by atoms with Crippen LogP contribution < -0.4 is 4.74 Å². The van der Waals surface area contributed by atoms with Crippen molar-refractivity contribution < 1.29 is 4.74 Å². The van der Waals surface area contributed by atoms with Crippen molar-refractivity contribution in [2.24, 2.45) is 0 Å². The number of para-hydroxylation sites is 2. The number of hydrogen-bond donors (Lipinski definition) is 0. The second kappa shape index (κ2) is 7.65. The number of aromatic nitrogens is 3. The molecule has 0 aliphatic heterocycles. The van der Waals surface area contributed by atoms with Crippen LogP contribution in [0.15, 0.2) is 72.2 Å². The fourth-order valence-electron chi connectivity index (χ4n) is 2.19. The monoisotopic (exact) mass is 323 g/mol. The Morgan fingerprint density at radius 3 is 2.70 bits per heavy atom. The van der Waals surface area contributed by atoms with E-state index < -0.39 is 0 Å². The van der Waals surface area contributed by atoms with Crippen LogP contribution in [0.3, 0.4) is 0 Å². The van der Waals surface area contributed by atoms with Gasteiger partial charge in [0.25, 0.3) is 0 Å². The van der Waals surface area contributed by atoms with Crippen LogP contribution in [0.1, 0.15) is 5.56 Å². The molecule has 0 amide bonds. The van der Waals surface area contributed by atoms with Crippen LogP contribution in [-0.4, -0.2) is 27.6 Å². The van der Waals surface area contributed by atoms with E-state index >= 15 is 0 Å². The third-order valence-electron chi connectivity index (χ3n) is 3.28. The van der Waals surface area contributed by atoms with E-state index in [1.165, 1.54) is 5.56 Å². The fraction of sp³-hybridized carbons (Fsp3) is 0.111. The Labute approximate surface area is 139 Å². The zero-order valence-electron chi connectivity index (χ0n) is 12.8. The van der Waals surface area contributed by atoms with Gasteiger partial charge in [0.05, 0.1) is 12.8 Å². The van der Waals surface area contributed by atoms with Gasteiger partial charge in [0, 0.05) is 5.75 Å². The van der Waals surface area contributed by atoms with Crippen LogP contribution in [0, 0.1) is 0 Å². The molecular weight excluding hydrogens is 306 g/mol. The van der Waals surface area contributed by atoms with E-state index in [1.54, 1.807) is 25.2 Å². The zero-order valence-corrected chi connectivity index (χ0v) is 13.6. The fourth-order valence-corrected chi connectivity index (χ4v) is 2.92. The summed E-state index contributed by atoms with van der Waals surface area (Å²) in [7, 11) is 1.67. The Morgan fingerprint density at radius 2 is 1.87 bits per heavy atom. The smallest absolute Gasteiger partial charge is 0.196 e. The Balaban J connectivity index is 1.71. The summed E-state index contributed by atoms with van der Waals surface area (Å²) in [5, 5.41) is 9.06. The van der Waals surface area contributed by atoms with Gasteiger partial charge in [-0.25, -0.2) is 0 Å². The molecule has 0 atom stereocenters. The maximum Gasteiger partial charge on any atom is 0.196 e. The summed E-state index contributed by atoms with van der Waals surface area (Å²) in [6.07, 6.45) is 5.94. The Morgan fingerprint density at radius 1 is 1.09 bits per heavy atom. The lowest BCUT2D eigenvalue weighted by atomic mass is 10.2. The minimum absolute atomic E-state index is 0.800. The third kappa shape index (κ3) is 3.81. The summed E-state index contributed by atoms with van der Waals surface area (Å²) < 4.78 is 7.35. The van der Waals surface area contributed by atoms with E-state index in [4.69, 9.17) is 4.74 Å². The molecule has 0 saturated carbocycles. The maximum absolute atomic E-state index is 5.41. The highest BCUT2D eigenvalue weighted by Gasteiger charge is 2.10.